The van der Waals surface area contributed by atoms with E-state index >= 15 is 0 Å². The van der Waals surface area contributed by atoms with Gasteiger partial charge in [0.1, 0.15) is 17.4 Å². The quantitative estimate of drug-likeness (QED) is 0.264. The Morgan fingerprint density at radius 2 is 1.25 bits per heavy atom. The third-order valence-corrected chi connectivity index (χ3v) is 6.12. The minimum atomic E-state index is -0.613. The van der Waals surface area contributed by atoms with Gasteiger partial charge in [-0.2, -0.15) is 4.98 Å². The predicted molar refractivity (Wildman–Crippen MR) is 142 cm³/mol. The number of fused-ring (bicyclic) bond motifs is 1. The van der Waals surface area contributed by atoms with Crippen LogP contribution in [0.4, 0.5) is 5.95 Å². The average molecular weight is 470 g/mol. The van der Waals surface area contributed by atoms with Crippen LogP contribution < -0.4 is 5.32 Å². The molecule has 0 amide bonds. The lowest BCUT2D eigenvalue weighted by Gasteiger charge is -2.17. The van der Waals surface area contributed by atoms with Gasteiger partial charge < -0.3 is 5.32 Å². The summed E-state index contributed by atoms with van der Waals surface area (Å²) in [6.45, 7) is 0. The Labute approximate surface area is 208 Å². The zero-order valence-electron chi connectivity index (χ0n) is 19.4. The maximum Gasteiger partial charge on any atom is 0.253 e. The largest absolute Gasteiger partial charge is 0.340 e. The van der Waals surface area contributed by atoms with E-state index in [1.807, 2.05) is 114 Å². The highest BCUT2D eigenvalue weighted by Gasteiger charge is 2.25. The number of hydrogen-bond donors (Lipinski definition) is 2. The van der Waals surface area contributed by atoms with E-state index in [-0.39, 0.29) is 5.78 Å². The molecule has 6 rings (SSSR count). The molecule has 0 saturated carbocycles. The molecule has 0 saturated heterocycles. The summed E-state index contributed by atoms with van der Waals surface area (Å²) < 4.78 is 1.87. The number of rotatable bonds is 7. The molecule has 36 heavy (non-hydrogen) atoms. The van der Waals surface area contributed by atoms with Gasteiger partial charge in [0.2, 0.25) is 5.95 Å². The van der Waals surface area contributed by atoms with E-state index in [4.69, 9.17) is 9.97 Å². The molecule has 2 aromatic heterocycles. The van der Waals surface area contributed by atoms with Gasteiger partial charge in [0.15, 0.2) is 5.78 Å². The van der Waals surface area contributed by atoms with Crippen LogP contribution in [0.5, 0.6) is 0 Å². The normalized spacial score (nSPS) is 11.9. The van der Waals surface area contributed by atoms with Crippen molar-refractivity contribution in [3.8, 4) is 22.5 Å². The minimum absolute atomic E-state index is 0.0379. The van der Waals surface area contributed by atoms with Gasteiger partial charge in [0.25, 0.3) is 5.78 Å². The van der Waals surface area contributed by atoms with Gasteiger partial charge in [-0.15, -0.1) is 0 Å². The van der Waals surface area contributed by atoms with Crippen molar-refractivity contribution < 1.29 is 4.79 Å². The number of imidazole rings is 1. The zero-order chi connectivity index (χ0) is 24.3. The molecule has 4 aromatic carbocycles. The van der Waals surface area contributed by atoms with Gasteiger partial charge in [-0.1, -0.05) is 121 Å². The van der Waals surface area contributed by atoms with Crippen LogP contribution in [0.25, 0.3) is 28.3 Å². The Kier molecular flexibility index (Phi) is 5.60. The molecule has 1 atom stereocenters. The summed E-state index contributed by atoms with van der Waals surface area (Å²) in [5.41, 5.74) is 5.25. The Bertz CT molecular complexity index is 1610. The van der Waals surface area contributed by atoms with Crippen molar-refractivity contribution in [3.63, 3.8) is 0 Å². The number of hydrogen-bond acceptors (Lipinski definition) is 4. The molecule has 6 aromatic rings. The molecule has 0 aliphatic carbocycles. The fourth-order valence-electron chi connectivity index (χ4n) is 4.40. The maximum absolute atomic E-state index is 13.5. The Balaban J connectivity index is 1.44. The highest BCUT2D eigenvalue weighted by Crippen LogP contribution is 2.33. The smallest absolute Gasteiger partial charge is 0.253 e. The second-order valence-electron chi connectivity index (χ2n) is 8.47. The molecule has 2 N–H and O–H groups in total. The number of aromatic amines is 1. The topological polar surface area (TPSA) is 75.1 Å². The number of anilines is 1. The molecule has 0 aliphatic heterocycles. The maximum atomic E-state index is 13.5. The van der Waals surface area contributed by atoms with Crippen LogP contribution in [-0.2, 0) is 0 Å². The van der Waals surface area contributed by atoms with Crippen LogP contribution in [0.1, 0.15) is 22.0 Å². The molecule has 2 heterocycles. The molecular formula is C30H23N5O. The van der Waals surface area contributed by atoms with Gasteiger partial charge in [-0.25, -0.2) is 9.50 Å². The number of benzene rings is 4. The first-order valence-corrected chi connectivity index (χ1v) is 11.8. The number of carbonyl (C=O) groups is 1. The van der Waals surface area contributed by atoms with Crippen LogP contribution in [0.2, 0.25) is 0 Å². The van der Waals surface area contributed by atoms with Crippen molar-refractivity contribution in [2.45, 2.75) is 6.04 Å². The first-order valence-electron chi connectivity index (χ1n) is 11.8. The number of H-pyrrole nitrogens is 1. The van der Waals surface area contributed by atoms with E-state index in [1.54, 1.807) is 0 Å². The number of nitrogens with one attached hydrogen (secondary N) is 2. The van der Waals surface area contributed by atoms with Crippen LogP contribution >= 0.6 is 0 Å². The van der Waals surface area contributed by atoms with Crippen LogP contribution in [0, 0.1) is 0 Å². The van der Waals surface area contributed by atoms with Gasteiger partial charge in [-0.3, -0.25) is 9.89 Å². The van der Waals surface area contributed by atoms with Gasteiger partial charge >= 0.3 is 0 Å². The molecule has 0 radical (unpaired) electrons. The molecule has 0 fully saturated rings. The fourth-order valence-corrected chi connectivity index (χ4v) is 4.40. The zero-order valence-corrected chi connectivity index (χ0v) is 19.4. The summed E-state index contributed by atoms with van der Waals surface area (Å²) in [5, 5.41) is 6.67. The van der Waals surface area contributed by atoms with Crippen molar-refractivity contribution in [2.75, 3.05) is 5.32 Å². The Hall–Kier alpha value is -4.97. The van der Waals surface area contributed by atoms with Crippen molar-refractivity contribution in [1.82, 2.24) is 19.6 Å². The summed E-state index contributed by atoms with van der Waals surface area (Å²) in [6, 6.07) is 38.5. The third kappa shape index (κ3) is 4.05. The van der Waals surface area contributed by atoms with Crippen molar-refractivity contribution in [3.05, 3.63) is 132 Å². The van der Waals surface area contributed by atoms with Crippen LogP contribution in [0.3, 0.4) is 0 Å². The lowest BCUT2D eigenvalue weighted by molar-refractivity contribution is 0.0969. The van der Waals surface area contributed by atoms with Crippen LogP contribution in [-0.4, -0.2) is 25.4 Å². The van der Waals surface area contributed by atoms with E-state index < -0.39 is 6.04 Å². The molecule has 0 spiro atoms. The molecule has 0 bridgehead atoms. The standard InChI is InChI=1S/C30H23N5O/c36-28(24-19-11-4-12-20-24)26(22-15-7-2-8-16-22)31-29-33-30-32-25(21-13-5-1-6-14-21)27(35(30)34-29)23-17-9-3-10-18-23/h1-20,26H,(H2,31,32,33,34). The first-order chi connectivity index (χ1) is 17.8. The predicted octanol–water partition coefficient (Wildman–Crippen LogP) is 6.43. The summed E-state index contributed by atoms with van der Waals surface area (Å²) in [6.07, 6.45) is 0. The highest BCUT2D eigenvalue weighted by molar-refractivity contribution is 6.02. The van der Waals surface area contributed by atoms with Crippen molar-refractivity contribution >= 4 is 17.5 Å². The molecular weight excluding hydrogens is 446 g/mol. The summed E-state index contributed by atoms with van der Waals surface area (Å²) in [5.74, 6) is 0.950. The monoisotopic (exact) mass is 469 g/mol. The summed E-state index contributed by atoms with van der Waals surface area (Å²) >= 11 is 0. The number of Topliss-reactive ketones (excluding diaryl/α,β-unsaturated/α-hetero) is 1. The lowest BCUT2D eigenvalue weighted by Crippen LogP contribution is -2.22. The fraction of sp³-hybridized carbons (Fsp3) is 0.0333. The van der Waals surface area contributed by atoms with Crippen molar-refractivity contribution in [1.29, 1.82) is 0 Å². The number of carbonyl (C=O) groups excluding carboxylic acids is 1. The third-order valence-electron chi connectivity index (χ3n) is 6.12. The molecule has 174 valence electrons. The second kappa shape index (κ2) is 9.35. The van der Waals surface area contributed by atoms with Gasteiger partial charge in [0, 0.05) is 16.7 Å². The average Bonchev–Trinajstić information content (AvgIpc) is 3.51. The summed E-state index contributed by atoms with van der Waals surface area (Å²) in [7, 11) is 0. The van der Waals surface area contributed by atoms with Gasteiger partial charge in [-0.05, 0) is 5.56 Å². The first kappa shape index (κ1) is 21.6. The van der Waals surface area contributed by atoms with E-state index in [9.17, 15) is 4.79 Å². The number of ketones is 1. The number of nitrogens with zero attached hydrogens (tertiary/aromatic N) is 3. The minimum Gasteiger partial charge on any atom is -0.340 e. The van der Waals surface area contributed by atoms with E-state index in [0.29, 0.717) is 17.3 Å². The van der Waals surface area contributed by atoms with Gasteiger partial charge in [0.05, 0.1) is 0 Å². The molecule has 1 unspecified atom stereocenters. The Morgan fingerprint density at radius 3 is 1.89 bits per heavy atom. The molecule has 6 heteroatoms. The number of aromatic nitrogens is 4. The van der Waals surface area contributed by atoms with E-state index in [0.717, 1.165) is 28.1 Å². The molecule has 0 aliphatic rings. The SMILES string of the molecule is O=C(c1ccccc1)C(Nc1nc2nc(-c3ccccc3)c(-c3ccccc3)n2[nH]1)c1ccccc1. The lowest BCUT2D eigenvalue weighted by atomic mass is 9.97. The summed E-state index contributed by atoms with van der Waals surface area (Å²) in [4.78, 5) is 23.1. The van der Waals surface area contributed by atoms with Crippen molar-refractivity contribution in [2.24, 2.45) is 0 Å². The Morgan fingerprint density at radius 1 is 0.694 bits per heavy atom. The second-order valence-corrected chi connectivity index (χ2v) is 8.47. The highest BCUT2D eigenvalue weighted by atomic mass is 16.1. The van der Waals surface area contributed by atoms with Crippen LogP contribution in [0.15, 0.2) is 121 Å². The van der Waals surface area contributed by atoms with E-state index in [1.165, 1.54) is 0 Å². The van der Waals surface area contributed by atoms with E-state index in [2.05, 4.69) is 22.5 Å². The molecule has 6 nitrogen and oxygen atoms in total.